The monoisotopic (exact) mass is 252 g/mol. The van der Waals surface area contributed by atoms with Crippen molar-refractivity contribution in [2.45, 2.75) is 18.1 Å². The molecule has 3 aliphatic rings. The van der Waals surface area contributed by atoms with Gasteiger partial charge in [-0.3, -0.25) is 0 Å². The molecule has 2 bridgehead atoms. The van der Waals surface area contributed by atoms with E-state index in [1.807, 2.05) is 42.5 Å². The van der Waals surface area contributed by atoms with Crippen molar-refractivity contribution in [2.75, 3.05) is 0 Å². The van der Waals surface area contributed by atoms with E-state index in [2.05, 4.69) is 0 Å². The summed E-state index contributed by atoms with van der Waals surface area (Å²) >= 11 is 0. The molecule has 2 unspecified atom stereocenters. The maximum atomic E-state index is 12.3. The Hall–Kier alpha value is -2.13. The lowest BCUT2D eigenvalue weighted by molar-refractivity contribution is -0.170. The fourth-order valence-corrected chi connectivity index (χ4v) is 3.15. The minimum absolute atomic E-state index is 0.298. The number of aliphatic hydroxyl groups is 1. The average Bonchev–Trinajstić information content (AvgIpc) is 2.62. The van der Waals surface area contributed by atoms with Crippen molar-refractivity contribution in [3.05, 3.63) is 70.8 Å². The van der Waals surface area contributed by atoms with E-state index in [0.29, 0.717) is 17.5 Å². The zero-order chi connectivity index (χ0) is 13.0. The highest BCUT2D eigenvalue weighted by Gasteiger charge is 2.52. The van der Waals surface area contributed by atoms with Gasteiger partial charge in [0.2, 0.25) is 5.60 Å². The van der Waals surface area contributed by atoms with Gasteiger partial charge in [0.05, 0.1) is 0 Å². The lowest BCUT2D eigenvalue weighted by Gasteiger charge is -2.33. The summed E-state index contributed by atoms with van der Waals surface area (Å²) in [6.45, 7) is 0. The van der Waals surface area contributed by atoms with Gasteiger partial charge in [0, 0.05) is 17.5 Å². The molecule has 1 aliphatic carbocycles. The molecule has 2 aromatic rings. The number of benzene rings is 2. The molecule has 0 radical (unpaired) electrons. The van der Waals surface area contributed by atoms with E-state index < -0.39 is 11.6 Å². The molecule has 0 fully saturated rings. The van der Waals surface area contributed by atoms with Crippen LogP contribution in [0.25, 0.3) is 0 Å². The average molecular weight is 252 g/mol. The van der Waals surface area contributed by atoms with Gasteiger partial charge < -0.3 is 9.84 Å². The smallest absolute Gasteiger partial charge is 0.348 e. The van der Waals surface area contributed by atoms with Gasteiger partial charge in [-0.05, 0) is 11.1 Å². The molecule has 94 valence electrons. The van der Waals surface area contributed by atoms with E-state index in [9.17, 15) is 9.90 Å². The number of carbonyl (C=O) groups is 1. The normalized spacial score (nSPS) is 27.2. The molecule has 2 aromatic carbocycles. The van der Waals surface area contributed by atoms with Crippen LogP contribution in [-0.4, -0.2) is 11.1 Å². The number of fused-ring (bicyclic) bond motifs is 1. The molecule has 2 heterocycles. The van der Waals surface area contributed by atoms with E-state index in [1.54, 1.807) is 6.07 Å². The van der Waals surface area contributed by atoms with Crippen molar-refractivity contribution < 1.29 is 14.6 Å². The Kier molecular flexibility index (Phi) is 1.96. The lowest BCUT2D eigenvalue weighted by Crippen LogP contribution is -2.42. The summed E-state index contributed by atoms with van der Waals surface area (Å²) in [6, 6.07) is 15.0. The van der Waals surface area contributed by atoms with Gasteiger partial charge in [0.25, 0.3) is 0 Å². The Morgan fingerprint density at radius 3 is 2.58 bits per heavy atom. The summed E-state index contributed by atoms with van der Waals surface area (Å²) in [6.07, 6.45) is 0.314. The summed E-state index contributed by atoms with van der Waals surface area (Å²) in [7, 11) is 0. The molecule has 5 rings (SSSR count). The van der Waals surface area contributed by atoms with Crippen molar-refractivity contribution in [3.8, 4) is 0 Å². The Labute approximate surface area is 110 Å². The van der Waals surface area contributed by atoms with Gasteiger partial charge in [-0.15, -0.1) is 0 Å². The van der Waals surface area contributed by atoms with Gasteiger partial charge in [0.1, 0.15) is 6.10 Å². The lowest BCUT2D eigenvalue weighted by atomic mass is 9.82. The molecule has 0 amide bonds. The summed E-state index contributed by atoms with van der Waals surface area (Å²) < 4.78 is 5.43. The molecule has 0 saturated carbocycles. The standard InChI is InChI=1S/C16H12O3/c17-15-16(18)12-7-3-1-5-10(12)9-14(19-15)11-6-2-4-8-13(11)16/h1-8,14,18H,9H2. The first-order valence-electron chi connectivity index (χ1n) is 6.32. The van der Waals surface area contributed by atoms with Crippen LogP contribution in [0.4, 0.5) is 0 Å². The SMILES string of the molecule is O=C1OC2Cc3ccccc3C1(O)c1ccccc12. The fraction of sp³-hybridized carbons (Fsp3) is 0.188. The topological polar surface area (TPSA) is 46.5 Å². The number of rotatable bonds is 0. The van der Waals surface area contributed by atoms with E-state index in [1.165, 1.54) is 0 Å². The van der Waals surface area contributed by atoms with Crippen LogP contribution in [-0.2, 0) is 21.6 Å². The number of hydrogen-bond acceptors (Lipinski definition) is 3. The Morgan fingerprint density at radius 1 is 1.05 bits per heavy atom. The summed E-state index contributed by atoms with van der Waals surface area (Å²) in [5.41, 5.74) is 1.51. The largest absolute Gasteiger partial charge is 0.454 e. The van der Waals surface area contributed by atoms with Crippen molar-refractivity contribution in [1.82, 2.24) is 0 Å². The van der Waals surface area contributed by atoms with Gasteiger partial charge in [0.15, 0.2) is 0 Å². The van der Waals surface area contributed by atoms with E-state index in [-0.39, 0.29) is 6.10 Å². The zero-order valence-corrected chi connectivity index (χ0v) is 10.2. The van der Waals surface area contributed by atoms with Crippen molar-refractivity contribution in [1.29, 1.82) is 0 Å². The van der Waals surface area contributed by atoms with Gasteiger partial charge in [-0.2, -0.15) is 0 Å². The van der Waals surface area contributed by atoms with Crippen LogP contribution in [0.2, 0.25) is 0 Å². The first kappa shape index (κ1) is 10.8. The second-order valence-electron chi connectivity index (χ2n) is 5.05. The van der Waals surface area contributed by atoms with Crippen LogP contribution >= 0.6 is 0 Å². The predicted octanol–water partition coefficient (Wildman–Crippen LogP) is 2.08. The second-order valence-corrected chi connectivity index (χ2v) is 5.05. The quantitative estimate of drug-likeness (QED) is 0.730. The zero-order valence-electron chi connectivity index (χ0n) is 10.2. The third kappa shape index (κ3) is 1.23. The molecule has 1 N–H and O–H groups in total. The maximum absolute atomic E-state index is 12.3. The maximum Gasteiger partial charge on any atom is 0.348 e. The minimum Gasteiger partial charge on any atom is -0.454 e. The van der Waals surface area contributed by atoms with E-state index in [4.69, 9.17) is 4.74 Å². The third-order valence-corrected chi connectivity index (χ3v) is 4.05. The third-order valence-electron chi connectivity index (χ3n) is 4.05. The van der Waals surface area contributed by atoms with Crippen molar-refractivity contribution in [3.63, 3.8) is 0 Å². The molecule has 2 aliphatic heterocycles. The van der Waals surface area contributed by atoms with Gasteiger partial charge >= 0.3 is 5.97 Å². The van der Waals surface area contributed by atoms with Crippen molar-refractivity contribution in [2.24, 2.45) is 0 Å². The van der Waals surface area contributed by atoms with Crippen molar-refractivity contribution >= 4 is 5.97 Å². The minimum atomic E-state index is -1.67. The highest BCUT2D eigenvalue weighted by molar-refractivity contribution is 5.89. The Bertz CT molecular complexity index is 692. The molecule has 0 spiro atoms. The summed E-state index contributed by atoms with van der Waals surface area (Å²) in [4.78, 5) is 12.3. The predicted molar refractivity (Wildman–Crippen MR) is 68.4 cm³/mol. The molecule has 0 saturated heterocycles. The Balaban J connectivity index is 2.12. The van der Waals surface area contributed by atoms with Crippen LogP contribution < -0.4 is 0 Å². The number of ether oxygens (including phenoxy) is 1. The number of hydrogen-bond donors (Lipinski definition) is 1. The van der Waals surface area contributed by atoms with Crippen LogP contribution in [0.15, 0.2) is 48.5 Å². The van der Waals surface area contributed by atoms with E-state index >= 15 is 0 Å². The molecule has 3 heteroatoms. The van der Waals surface area contributed by atoms with E-state index in [0.717, 1.165) is 11.1 Å². The molecular formula is C16H12O3. The highest BCUT2D eigenvalue weighted by Crippen LogP contribution is 2.47. The second kappa shape index (κ2) is 3.45. The van der Waals surface area contributed by atoms with Gasteiger partial charge in [-0.1, -0.05) is 48.5 Å². The molecular weight excluding hydrogens is 240 g/mol. The van der Waals surface area contributed by atoms with Crippen LogP contribution in [0.5, 0.6) is 0 Å². The summed E-state index contributed by atoms with van der Waals surface area (Å²) in [5.74, 6) is -0.568. The first-order valence-corrected chi connectivity index (χ1v) is 6.32. The summed E-state index contributed by atoms with van der Waals surface area (Å²) in [5, 5.41) is 11.0. The number of esters is 1. The molecule has 0 aromatic heterocycles. The Morgan fingerprint density at radius 2 is 1.74 bits per heavy atom. The van der Waals surface area contributed by atoms with Crippen LogP contribution in [0, 0.1) is 0 Å². The van der Waals surface area contributed by atoms with Gasteiger partial charge in [-0.25, -0.2) is 4.79 Å². The number of carbonyl (C=O) groups excluding carboxylic acids is 1. The van der Waals surface area contributed by atoms with Crippen LogP contribution in [0.1, 0.15) is 28.4 Å². The molecule has 19 heavy (non-hydrogen) atoms. The van der Waals surface area contributed by atoms with Crippen LogP contribution in [0.3, 0.4) is 0 Å². The highest BCUT2D eigenvalue weighted by atomic mass is 16.6. The molecule has 2 atom stereocenters. The fourth-order valence-electron chi connectivity index (χ4n) is 3.15. The molecule has 3 nitrogen and oxygen atoms in total. The first-order chi connectivity index (χ1) is 9.21.